The number of hydrogen-bond donors (Lipinski definition) is 3. The van der Waals surface area contributed by atoms with E-state index in [1.165, 1.54) is 16.7 Å². The maximum absolute atomic E-state index is 6.71. The first kappa shape index (κ1) is 21.4. The topological polar surface area (TPSA) is 66.5 Å². The molecular formula is C26H32N4O. The minimum atomic E-state index is -0.0761. The normalized spacial score (nSPS) is 18.1. The highest BCUT2D eigenvalue weighted by molar-refractivity contribution is 5.77. The predicted molar refractivity (Wildman–Crippen MR) is 127 cm³/mol. The van der Waals surface area contributed by atoms with Crippen molar-refractivity contribution in [2.24, 2.45) is 5.73 Å². The van der Waals surface area contributed by atoms with Crippen molar-refractivity contribution in [3.8, 4) is 0 Å². The Morgan fingerprint density at radius 2 is 1.84 bits per heavy atom. The van der Waals surface area contributed by atoms with Crippen molar-refractivity contribution in [2.45, 2.75) is 38.1 Å². The highest BCUT2D eigenvalue weighted by Crippen LogP contribution is 2.29. The molecule has 3 aromatic rings. The number of fused-ring (bicyclic) bond motifs is 1. The lowest BCUT2D eigenvalue weighted by Gasteiger charge is -2.29. The molecule has 1 aliphatic heterocycles. The number of furan rings is 1. The van der Waals surface area contributed by atoms with Gasteiger partial charge in [0.15, 0.2) is 0 Å². The minimum Gasteiger partial charge on any atom is -0.460 e. The van der Waals surface area contributed by atoms with Crippen LogP contribution >= 0.6 is 0 Å². The minimum absolute atomic E-state index is 0.0203. The average Bonchev–Trinajstić information content (AvgIpc) is 3.17. The summed E-state index contributed by atoms with van der Waals surface area (Å²) in [7, 11) is 4.16. The van der Waals surface area contributed by atoms with Gasteiger partial charge in [0.05, 0.1) is 12.7 Å². The zero-order valence-electron chi connectivity index (χ0n) is 18.5. The van der Waals surface area contributed by atoms with Crippen molar-refractivity contribution in [1.29, 1.82) is 0 Å². The van der Waals surface area contributed by atoms with Crippen molar-refractivity contribution in [3.63, 3.8) is 0 Å². The molecule has 0 spiro atoms. The third-order valence-corrected chi connectivity index (χ3v) is 5.73. The zero-order valence-corrected chi connectivity index (χ0v) is 18.5. The van der Waals surface area contributed by atoms with Gasteiger partial charge < -0.3 is 15.5 Å². The van der Waals surface area contributed by atoms with E-state index in [2.05, 4.69) is 85.1 Å². The van der Waals surface area contributed by atoms with Crippen LogP contribution in [0.4, 0.5) is 0 Å². The van der Waals surface area contributed by atoms with Crippen LogP contribution in [0.15, 0.2) is 82.9 Å². The van der Waals surface area contributed by atoms with Gasteiger partial charge in [0.2, 0.25) is 0 Å². The van der Waals surface area contributed by atoms with Crippen LogP contribution in [0.1, 0.15) is 42.4 Å². The van der Waals surface area contributed by atoms with Gasteiger partial charge in [-0.2, -0.15) is 0 Å². The second kappa shape index (κ2) is 9.52. The lowest BCUT2D eigenvalue weighted by atomic mass is 9.92. The van der Waals surface area contributed by atoms with E-state index in [1.54, 1.807) is 0 Å². The molecule has 4 N–H and O–H groups in total. The molecule has 0 bridgehead atoms. The lowest BCUT2D eigenvalue weighted by Crippen LogP contribution is -2.34. The van der Waals surface area contributed by atoms with Crippen LogP contribution in [0.25, 0.3) is 11.0 Å². The number of nitrogens with zero attached hydrogens (tertiary/aromatic N) is 1. The second-order valence-corrected chi connectivity index (χ2v) is 8.47. The first-order valence-corrected chi connectivity index (χ1v) is 10.9. The van der Waals surface area contributed by atoms with Crippen molar-refractivity contribution < 1.29 is 4.42 Å². The number of nitrogens with two attached hydrogens (primary N) is 1. The fourth-order valence-electron chi connectivity index (χ4n) is 4.22. The lowest BCUT2D eigenvalue weighted by molar-refractivity contribution is 0.241. The SMILES string of the molecule is CC1C=C(CC(N)c2ccccc2C(NCc2cc3ccccc3o2)N(C)C)C=CN1. The third kappa shape index (κ3) is 5.07. The highest BCUT2D eigenvalue weighted by Gasteiger charge is 2.21. The van der Waals surface area contributed by atoms with Crippen LogP contribution in [0, 0.1) is 0 Å². The summed E-state index contributed by atoms with van der Waals surface area (Å²) in [5, 5.41) is 8.07. The smallest absolute Gasteiger partial charge is 0.134 e. The third-order valence-electron chi connectivity index (χ3n) is 5.73. The van der Waals surface area contributed by atoms with E-state index in [0.29, 0.717) is 12.6 Å². The Bertz CT molecular complexity index is 1050. The summed E-state index contributed by atoms with van der Waals surface area (Å²) in [6.45, 7) is 2.78. The number of allylic oxidation sites excluding steroid dienone is 1. The molecule has 5 nitrogen and oxygen atoms in total. The zero-order chi connectivity index (χ0) is 21.8. The average molecular weight is 417 g/mol. The Balaban J connectivity index is 1.53. The van der Waals surface area contributed by atoms with Gasteiger partial charge in [-0.15, -0.1) is 0 Å². The molecule has 4 rings (SSSR count). The van der Waals surface area contributed by atoms with E-state index in [4.69, 9.17) is 10.2 Å². The van der Waals surface area contributed by atoms with Crippen molar-refractivity contribution in [3.05, 3.63) is 95.4 Å². The summed E-state index contributed by atoms with van der Waals surface area (Å²) in [6.07, 6.45) is 7.20. The molecular weight excluding hydrogens is 384 g/mol. The van der Waals surface area contributed by atoms with Gasteiger partial charge in [-0.1, -0.05) is 48.5 Å². The van der Waals surface area contributed by atoms with E-state index in [0.717, 1.165) is 23.2 Å². The number of nitrogens with one attached hydrogen (secondary N) is 2. The maximum Gasteiger partial charge on any atom is 0.134 e. The monoisotopic (exact) mass is 416 g/mol. The first-order valence-electron chi connectivity index (χ1n) is 10.9. The van der Waals surface area contributed by atoms with Gasteiger partial charge >= 0.3 is 0 Å². The fourth-order valence-corrected chi connectivity index (χ4v) is 4.22. The Morgan fingerprint density at radius 1 is 1.10 bits per heavy atom. The van der Waals surface area contributed by atoms with Crippen LogP contribution in [-0.2, 0) is 6.54 Å². The molecule has 0 saturated carbocycles. The summed E-state index contributed by atoms with van der Waals surface area (Å²) in [5.41, 5.74) is 11.3. The van der Waals surface area contributed by atoms with Crippen molar-refractivity contribution >= 4 is 11.0 Å². The number of rotatable bonds is 8. The van der Waals surface area contributed by atoms with E-state index < -0.39 is 0 Å². The Kier molecular flexibility index (Phi) is 6.56. The molecule has 162 valence electrons. The summed E-state index contributed by atoms with van der Waals surface area (Å²) in [4.78, 5) is 2.18. The molecule has 3 unspecified atom stereocenters. The molecule has 3 atom stereocenters. The van der Waals surface area contributed by atoms with E-state index in [9.17, 15) is 0 Å². The van der Waals surface area contributed by atoms with Crippen molar-refractivity contribution in [2.75, 3.05) is 14.1 Å². The summed E-state index contributed by atoms with van der Waals surface area (Å²) >= 11 is 0. The quantitative estimate of drug-likeness (QED) is 0.468. The molecule has 1 aromatic heterocycles. The molecule has 31 heavy (non-hydrogen) atoms. The molecule has 5 heteroatoms. The fraction of sp³-hybridized carbons (Fsp3) is 0.308. The number of benzene rings is 2. The van der Waals surface area contributed by atoms with Crippen LogP contribution < -0.4 is 16.4 Å². The van der Waals surface area contributed by atoms with E-state index in [1.807, 2.05) is 24.4 Å². The van der Waals surface area contributed by atoms with Crippen LogP contribution in [0.5, 0.6) is 0 Å². The Labute approximate surface area is 184 Å². The number of para-hydroxylation sites is 1. The van der Waals surface area contributed by atoms with Crippen LogP contribution in [0.3, 0.4) is 0 Å². The van der Waals surface area contributed by atoms with Gasteiger partial charge in [-0.3, -0.25) is 10.2 Å². The standard InChI is InChI=1S/C26H32N4O/c1-18-14-19(12-13-28-18)15-24(27)22-9-5-6-10-23(22)26(30(2)3)29-17-21-16-20-8-4-7-11-25(20)31-21/h4-14,16,18,24,26,28-29H,15,17,27H2,1-3H3. The predicted octanol–water partition coefficient (Wildman–Crippen LogP) is 4.60. The van der Waals surface area contributed by atoms with Crippen LogP contribution in [-0.4, -0.2) is 25.0 Å². The molecule has 0 amide bonds. The highest BCUT2D eigenvalue weighted by atomic mass is 16.3. The second-order valence-electron chi connectivity index (χ2n) is 8.47. The molecule has 2 aromatic carbocycles. The van der Waals surface area contributed by atoms with Gasteiger partial charge in [0.25, 0.3) is 0 Å². The number of dihydropyridines is 1. The van der Waals surface area contributed by atoms with E-state index >= 15 is 0 Å². The molecule has 0 aliphatic carbocycles. The molecule has 0 saturated heterocycles. The molecule has 2 heterocycles. The number of hydrogen-bond acceptors (Lipinski definition) is 5. The summed E-state index contributed by atoms with van der Waals surface area (Å²) < 4.78 is 6.00. The molecule has 0 radical (unpaired) electrons. The summed E-state index contributed by atoms with van der Waals surface area (Å²) in [6, 6.07) is 18.9. The van der Waals surface area contributed by atoms with Gasteiger partial charge in [0, 0.05) is 17.5 Å². The largest absolute Gasteiger partial charge is 0.460 e. The van der Waals surface area contributed by atoms with E-state index in [-0.39, 0.29) is 12.2 Å². The van der Waals surface area contributed by atoms with Crippen LogP contribution in [0.2, 0.25) is 0 Å². The van der Waals surface area contributed by atoms with Gasteiger partial charge in [-0.25, -0.2) is 0 Å². The maximum atomic E-state index is 6.71. The first-order chi connectivity index (χ1) is 15.0. The Morgan fingerprint density at radius 3 is 2.58 bits per heavy atom. The Hall–Kier alpha value is -2.86. The van der Waals surface area contributed by atoms with Crippen molar-refractivity contribution in [1.82, 2.24) is 15.5 Å². The molecule has 0 fully saturated rings. The summed E-state index contributed by atoms with van der Waals surface area (Å²) in [5.74, 6) is 0.925. The van der Waals surface area contributed by atoms with Gasteiger partial charge in [-0.05, 0) is 68.5 Å². The van der Waals surface area contributed by atoms with Gasteiger partial charge in [0.1, 0.15) is 11.3 Å². The molecule has 1 aliphatic rings.